The standard InChI is InChI=1S/C22H16Cl2N2O2/c1-2-14-3-5-19(6-4-14)26-22(27)16(13-25)11-20-7-8-21(28-20)15-9-17(23)12-18(24)10-15/h3-12H,2H2,1H3,(H,26,27)/b16-11+. The number of anilines is 1. The van der Waals surface area contributed by atoms with E-state index in [4.69, 9.17) is 27.6 Å². The summed E-state index contributed by atoms with van der Waals surface area (Å²) in [7, 11) is 0. The molecule has 0 saturated heterocycles. The third-order valence-electron chi connectivity index (χ3n) is 4.05. The van der Waals surface area contributed by atoms with E-state index < -0.39 is 5.91 Å². The molecule has 0 unspecified atom stereocenters. The Morgan fingerprint density at radius 1 is 1.11 bits per heavy atom. The molecule has 0 saturated carbocycles. The molecule has 4 nitrogen and oxygen atoms in total. The monoisotopic (exact) mass is 410 g/mol. The summed E-state index contributed by atoms with van der Waals surface area (Å²) < 4.78 is 5.72. The van der Waals surface area contributed by atoms with Crippen molar-refractivity contribution >= 4 is 40.9 Å². The molecule has 3 aromatic rings. The van der Waals surface area contributed by atoms with Crippen LogP contribution in [0.25, 0.3) is 17.4 Å². The predicted molar refractivity (Wildman–Crippen MR) is 112 cm³/mol. The number of nitrogens with zero attached hydrogens (tertiary/aromatic N) is 1. The third-order valence-corrected chi connectivity index (χ3v) is 4.48. The molecule has 0 aliphatic heterocycles. The minimum atomic E-state index is -0.504. The first kappa shape index (κ1) is 19.8. The molecule has 0 radical (unpaired) electrons. The largest absolute Gasteiger partial charge is 0.457 e. The number of amides is 1. The Morgan fingerprint density at radius 2 is 1.79 bits per heavy atom. The Balaban J connectivity index is 1.79. The molecule has 1 aromatic heterocycles. The van der Waals surface area contributed by atoms with Gasteiger partial charge in [-0.15, -0.1) is 0 Å². The molecule has 6 heteroatoms. The summed E-state index contributed by atoms with van der Waals surface area (Å²) in [6.07, 6.45) is 2.31. The van der Waals surface area contributed by atoms with Crippen molar-refractivity contribution in [1.82, 2.24) is 0 Å². The van der Waals surface area contributed by atoms with Crippen LogP contribution in [0, 0.1) is 11.3 Å². The second-order valence-corrected chi connectivity index (χ2v) is 6.91. The van der Waals surface area contributed by atoms with Crippen LogP contribution in [0.4, 0.5) is 5.69 Å². The average molecular weight is 411 g/mol. The van der Waals surface area contributed by atoms with Crippen LogP contribution in [-0.2, 0) is 11.2 Å². The van der Waals surface area contributed by atoms with Gasteiger partial charge in [0.15, 0.2) is 0 Å². The van der Waals surface area contributed by atoms with Gasteiger partial charge in [-0.25, -0.2) is 0 Å². The van der Waals surface area contributed by atoms with Crippen molar-refractivity contribution in [3.8, 4) is 17.4 Å². The maximum absolute atomic E-state index is 12.4. The first-order valence-electron chi connectivity index (χ1n) is 8.57. The molecule has 1 heterocycles. The maximum atomic E-state index is 12.4. The molecule has 3 rings (SSSR count). The SMILES string of the molecule is CCc1ccc(NC(=O)/C(C#N)=C/c2ccc(-c3cc(Cl)cc(Cl)c3)o2)cc1. The number of rotatable bonds is 5. The summed E-state index contributed by atoms with van der Waals surface area (Å²) >= 11 is 12.0. The van der Waals surface area contributed by atoms with Crippen LogP contribution in [0.15, 0.2) is 64.6 Å². The highest BCUT2D eigenvalue weighted by Crippen LogP contribution is 2.29. The first-order valence-corrected chi connectivity index (χ1v) is 9.32. The number of nitriles is 1. The Kier molecular flexibility index (Phi) is 6.20. The molecular formula is C22H16Cl2N2O2. The van der Waals surface area contributed by atoms with E-state index in [1.54, 1.807) is 42.5 Å². The fourth-order valence-corrected chi connectivity index (χ4v) is 3.12. The molecule has 0 fully saturated rings. The number of nitrogens with one attached hydrogen (secondary N) is 1. The average Bonchev–Trinajstić information content (AvgIpc) is 3.14. The van der Waals surface area contributed by atoms with Gasteiger partial charge < -0.3 is 9.73 Å². The van der Waals surface area contributed by atoms with E-state index in [-0.39, 0.29) is 5.57 Å². The first-order chi connectivity index (χ1) is 13.5. The van der Waals surface area contributed by atoms with E-state index in [2.05, 4.69) is 12.2 Å². The number of furan rings is 1. The van der Waals surface area contributed by atoms with Crippen LogP contribution in [0.2, 0.25) is 10.0 Å². The Labute approximate surface area is 173 Å². The molecule has 2 aromatic carbocycles. The van der Waals surface area contributed by atoms with Crippen molar-refractivity contribution in [1.29, 1.82) is 5.26 Å². The molecule has 140 valence electrons. The van der Waals surface area contributed by atoms with E-state index in [0.29, 0.717) is 32.8 Å². The van der Waals surface area contributed by atoms with Crippen LogP contribution in [0.1, 0.15) is 18.2 Å². The summed E-state index contributed by atoms with van der Waals surface area (Å²) in [5, 5.41) is 13.0. The van der Waals surface area contributed by atoms with Crippen molar-refractivity contribution in [2.75, 3.05) is 5.32 Å². The third kappa shape index (κ3) is 4.83. The van der Waals surface area contributed by atoms with Crippen LogP contribution in [0.3, 0.4) is 0 Å². The fraction of sp³-hybridized carbons (Fsp3) is 0.0909. The molecule has 0 aliphatic rings. The van der Waals surface area contributed by atoms with E-state index in [9.17, 15) is 10.1 Å². The van der Waals surface area contributed by atoms with Gasteiger partial charge in [-0.3, -0.25) is 4.79 Å². The molecular weight excluding hydrogens is 395 g/mol. The van der Waals surface area contributed by atoms with Crippen molar-refractivity contribution in [3.05, 3.63) is 81.5 Å². The zero-order valence-electron chi connectivity index (χ0n) is 15.0. The van der Waals surface area contributed by atoms with Gasteiger partial charge in [0.2, 0.25) is 0 Å². The topological polar surface area (TPSA) is 66.0 Å². The van der Waals surface area contributed by atoms with Gasteiger partial charge in [-0.05, 0) is 54.4 Å². The molecule has 1 amide bonds. The summed E-state index contributed by atoms with van der Waals surface area (Å²) in [5.74, 6) is 0.401. The minimum absolute atomic E-state index is 0.0652. The number of hydrogen-bond donors (Lipinski definition) is 1. The van der Waals surface area contributed by atoms with Gasteiger partial charge in [-0.1, -0.05) is 42.3 Å². The highest BCUT2D eigenvalue weighted by Gasteiger charge is 2.12. The van der Waals surface area contributed by atoms with Crippen molar-refractivity contribution < 1.29 is 9.21 Å². The van der Waals surface area contributed by atoms with E-state index in [1.165, 1.54) is 11.6 Å². The lowest BCUT2D eigenvalue weighted by Crippen LogP contribution is -2.13. The van der Waals surface area contributed by atoms with E-state index >= 15 is 0 Å². The fourth-order valence-electron chi connectivity index (χ4n) is 2.59. The Bertz CT molecular complexity index is 1060. The zero-order valence-corrected chi connectivity index (χ0v) is 16.5. The molecule has 0 bridgehead atoms. The van der Waals surface area contributed by atoms with Gasteiger partial charge in [0, 0.05) is 27.4 Å². The number of benzene rings is 2. The summed E-state index contributed by atoms with van der Waals surface area (Å²) in [5.41, 5.74) is 2.43. The molecule has 1 N–H and O–H groups in total. The number of hydrogen-bond acceptors (Lipinski definition) is 3. The quantitative estimate of drug-likeness (QED) is 0.392. The summed E-state index contributed by atoms with van der Waals surface area (Å²) in [6, 6.07) is 17.8. The van der Waals surface area contributed by atoms with Crippen molar-refractivity contribution in [2.24, 2.45) is 0 Å². The summed E-state index contributed by atoms with van der Waals surface area (Å²) in [4.78, 5) is 12.4. The molecule has 28 heavy (non-hydrogen) atoms. The number of carbonyl (C=O) groups excluding carboxylic acids is 1. The Hall–Kier alpha value is -3.00. The van der Waals surface area contributed by atoms with Crippen LogP contribution < -0.4 is 5.32 Å². The van der Waals surface area contributed by atoms with Gasteiger partial charge in [0.25, 0.3) is 5.91 Å². The number of aryl methyl sites for hydroxylation is 1. The predicted octanol–water partition coefficient (Wildman–Crippen LogP) is 6.36. The lowest BCUT2D eigenvalue weighted by molar-refractivity contribution is -0.112. The summed E-state index contributed by atoms with van der Waals surface area (Å²) in [6.45, 7) is 2.05. The van der Waals surface area contributed by atoms with Crippen LogP contribution in [0.5, 0.6) is 0 Å². The van der Waals surface area contributed by atoms with Crippen molar-refractivity contribution in [2.45, 2.75) is 13.3 Å². The van der Waals surface area contributed by atoms with Gasteiger partial charge in [0.05, 0.1) is 0 Å². The van der Waals surface area contributed by atoms with Crippen molar-refractivity contribution in [3.63, 3.8) is 0 Å². The second kappa shape index (κ2) is 8.79. The highest BCUT2D eigenvalue weighted by atomic mass is 35.5. The van der Waals surface area contributed by atoms with Gasteiger partial charge in [-0.2, -0.15) is 5.26 Å². The lowest BCUT2D eigenvalue weighted by Gasteiger charge is -2.05. The van der Waals surface area contributed by atoms with E-state index in [0.717, 1.165) is 6.42 Å². The van der Waals surface area contributed by atoms with Crippen LogP contribution >= 0.6 is 23.2 Å². The normalized spacial score (nSPS) is 11.1. The smallest absolute Gasteiger partial charge is 0.266 e. The van der Waals surface area contributed by atoms with Gasteiger partial charge >= 0.3 is 0 Å². The lowest BCUT2D eigenvalue weighted by atomic mass is 10.1. The minimum Gasteiger partial charge on any atom is -0.457 e. The van der Waals surface area contributed by atoms with Gasteiger partial charge in [0.1, 0.15) is 23.2 Å². The molecule has 0 spiro atoms. The zero-order chi connectivity index (χ0) is 20.1. The Morgan fingerprint density at radius 3 is 2.39 bits per heavy atom. The maximum Gasteiger partial charge on any atom is 0.266 e. The number of halogens is 2. The van der Waals surface area contributed by atoms with Crippen LogP contribution in [-0.4, -0.2) is 5.91 Å². The molecule has 0 atom stereocenters. The number of carbonyl (C=O) groups is 1. The van der Waals surface area contributed by atoms with E-state index in [1.807, 2.05) is 18.2 Å². The second-order valence-electron chi connectivity index (χ2n) is 6.03. The highest BCUT2D eigenvalue weighted by molar-refractivity contribution is 6.35. The molecule has 0 aliphatic carbocycles.